The summed E-state index contributed by atoms with van der Waals surface area (Å²) in [5.41, 5.74) is -0.899. The van der Waals surface area contributed by atoms with E-state index in [9.17, 15) is 23.8 Å². The van der Waals surface area contributed by atoms with Gasteiger partial charge < -0.3 is 25.2 Å². The first-order valence-electron chi connectivity index (χ1n) is 8.48. The fourth-order valence-electron chi connectivity index (χ4n) is 3.60. The van der Waals surface area contributed by atoms with E-state index < -0.39 is 18.8 Å². The third kappa shape index (κ3) is 4.63. The van der Waals surface area contributed by atoms with Crippen LogP contribution in [-0.2, 0) is 9.53 Å². The number of likely N-dealkylation sites (tertiary alicyclic amines) is 1. The van der Waals surface area contributed by atoms with E-state index in [4.69, 9.17) is 23.2 Å². The Kier molecular flexibility index (Phi) is 6.12. The zero-order valence-electron chi connectivity index (χ0n) is 14.3. The predicted octanol–water partition coefficient (Wildman–Crippen LogP) is 2.55. The van der Waals surface area contributed by atoms with Crippen molar-refractivity contribution in [2.75, 3.05) is 26.2 Å². The summed E-state index contributed by atoms with van der Waals surface area (Å²) in [6.07, 6.45) is 0.834. The summed E-state index contributed by atoms with van der Waals surface area (Å²) < 4.78 is 28.2. The van der Waals surface area contributed by atoms with Gasteiger partial charge in [0.25, 0.3) is 0 Å². The minimum atomic E-state index is -2.95. The quantitative estimate of drug-likeness (QED) is 0.653. The Bertz CT molecular complexity index is 716. The number of alkyl halides is 2. The van der Waals surface area contributed by atoms with Crippen molar-refractivity contribution in [3.63, 3.8) is 0 Å². The lowest BCUT2D eigenvalue weighted by atomic mass is 9.92. The fourth-order valence-corrected chi connectivity index (χ4v) is 4.05. The number of β-amino-alcohol motifs (C(OH)–C–C–N with tert-alkyl or cyclic N) is 1. The molecule has 1 amide bonds. The van der Waals surface area contributed by atoms with E-state index in [-0.39, 0.29) is 48.1 Å². The minimum Gasteiger partial charge on any atom is -0.508 e. The van der Waals surface area contributed by atoms with Gasteiger partial charge in [-0.1, -0.05) is 23.2 Å². The molecule has 0 radical (unpaired) electrons. The van der Waals surface area contributed by atoms with Crippen LogP contribution in [0.4, 0.5) is 8.78 Å². The molecule has 0 aromatic heterocycles. The molecule has 2 atom stereocenters. The van der Waals surface area contributed by atoms with E-state index >= 15 is 0 Å². The average molecular weight is 425 g/mol. The van der Waals surface area contributed by atoms with Crippen LogP contribution in [0.5, 0.6) is 5.75 Å². The molecule has 10 heteroatoms. The van der Waals surface area contributed by atoms with E-state index in [2.05, 4.69) is 10.1 Å². The Hall–Kier alpha value is -1.19. The van der Waals surface area contributed by atoms with E-state index in [0.29, 0.717) is 23.6 Å². The van der Waals surface area contributed by atoms with Gasteiger partial charge in [0.05, 0.1) is 29.7 Å². The Labute approximate surface area is 165 Å². The van der Waals surface area contributed by atoms with E-state index in [0.717, 1.165) is 0 Å². The minimum absolute atomic E-state index is 0.0166. The number of halogens is 4. The standard InChI is InChI=1S/C17H20Cl2F2N2O4/c18-10-1-2-12(24)14(15(10)19)11-3-9(5-22-11)4-13(25)23-6-17(26,7-23)8-27-16(20)21/h1-2,9,11,16,22,24,26H,3-8H2/t9-,11+/m0/s1. The van der Waals surface area contributed by atoms with Crippen molar-refractivity contribution in [2.45, 2.75) is 31.1 Å². The zero-order valence-corrected chi connectivity index (χ0v) is 15.8. The van der Waals surface area contributed by atoms with Gasteiger partial charge >= 0.3 is 6.61 Å². The summed E-state index contributed by atoms with van der Waals surface area (Å²) in [6.45, 7) is -2.94. The molecule has 2 aliphatic heterocycles. The summed E-state index contributed by atoms with van der Waals surface area (Å²) >= 11 is 12.2. The van der Waals surface area contributed by atoms with Crippen LogP contribution in [0.2, 0.25) is 10.0 Å². The Morgan fingerprint density at radius 1 is 1.41 bits per heavy atom. The molecular weight excluding hydrogens is 405 g/mol. The van der Waals surface area contributed by atoms with Crippen LogP contribution in [0.3, 0.4) is 0 Å². The number of carbonyl (C=O) groups excluding carboxylic acids is 1. The SMILES string of the molecule is O=C(C[C@H]1CN[C@@H](c2c(O)ccc(Cl)c2Cl)C1)N1CC(O)(COC(F)F)C1. The molecule has 2 saturated heterocycles. The monoisotopic (exact) mass is 424 g/mol. The van der Waals surface area contributed by atoms with Crippen LogP contribution in [0.25, 0.3) is 0 Å². The number of hydrogen-bond acceptors (Lipinski definition) is 5. The van der Waals surface area contributed by atoms with Crippen molar-refractivity contribution in [3.8, 4) is 5.75 Å². The van der Waals surface area contributed by atoms with Crippen LogP contribution in [0.1, 0.15) is 24.4 Å². The molecule has 0 spiro atoms. The van der Waals surface area contributed by atoms with Crippen molar-refractivity contribution in [3.05, 3.63) is 27.7 Å². The Morgan fingerprint density at radius 3 is 2.78 bits per heavy atom. The van der Waals surface area contributed by atoms with Gasteiger partial charge in [0.2, 0.25) is 5.91 Å². The van der Waals surface area contributed by atoms with E-state index in [1.54, 1.807) is 0 Å². The molecule has 0 saturated carbocycles. The lowest BCUT2D eigenvalue weighted by Crippen LogP contribution is -2.65. The van der Waals surface area contributed by atoms with Gasteiger partial charge in [0.15, 0.2) is 0 Å². The van der Waals surface area contributed by atoms with Crippen molar-refractivity contribution in [1.29, 1.82) is 0 Å². The number of aliphatic hydroxyl groups is 1. The lowest BCUT2D eigenvalue weighted by molar-refractivity contribution is -0.205. The van der Waals surface area contributed by atoms with Crippen LogP contribution in [-0.4, -0.2) is 59.5 Å². The molecule has 0 bridgehead atoms. The van der Waals surface area contributed by atoms with Crippen molar-refractivity contribution in [2.24, 2.45) is 5.92 Å². The predicted molar refractivity (Wildman–Crippen MR) is 95.1 cm³/mol. The summed E-state index contributed by atoms with van der Waals surface area (Å²) in [7, 11) is 0. The highest BCUT2D eigenvalue weighted by molar-refractivity contribution is 6.42. The van der Waals surface area contributed by atoms with E-state index in [1.165, 1.54) is 17.0 Å². The molecule has 6 nitrogen and oxygen atoms in total. The number of carbonyl (C=O) groups is 1. The second-order valence-electron chi connectivity index (χ2n) is 7.11. The normalized spacial score (nSPS) is 24.3. The topological polar surface area (TPSA) is 82.0 Å². The number of benzene rings is 1. The molecule has 0 unspecified atom stereocenters. The van der Waals surface area contributed by atoms with Gasteiger partial charge in [-0.15, -0.1) is 0 Å². The maximum atomic E-state index is 12.3. The Balaban J connectivity index is 1.51. The largest absolute Gasteiger partial charge is 0.508 e. The molecule has 2 heterocycles. The second-order valence-corrected chi connectivity index (χ2v) is 7.89. The summed E-state index contributed by atoms with van der Waals surface area (Å²) in [5.74, 6) is -0.103. The van der Waals surface area contributed by atoms with Crippen LogP contribution < -0.4 is 5.32 Å². The first-order valence-corrected chi connectivity index (χ1v) is 9.24. The number of phenols is 1. The zero-order chi connectivity index (χ0) is 19.8. The highest BCUT2D eigenvalue weighted by Crippen LogP contribution is 2.41. The van der Waals surface area contributed by atoms with Crippen molar-refractivity contribution >= 4 is 29.1 Å². The van der Waals surface area contributed by atoms with Crippen molar-refractivity contribution < 1.29 is 28.5 Å². The number of aromatic hydroxyl groups is 1. The third-order valence-electron chi connectivity index (χ3n) is 4.94. The molecule has 1 aromatic carbocycles. The maximum Gasteiger partial charge on any atom is 0.345 e. The van der Waals surface area contributed by atoms with Crippen molar-refractivity contribution in [1.82, 2.24) is 10.2 Å². The fraction of sp³-hybridized carbons (Fsp3) is 0.588. The first kappa shape index (κ1) is 20.5. The van der Waals surface area contributed by atoms with Gasteiger partial charge in [-0.3, -0.25) is 4.79 Å². The number of rotatable bonds is 6. The molecule has 1 aromatic rings. The van der Waals surface area contributed by atoms with Gasteiger partial charge in [-0.25, -0.2) is 0 Å². The molecule has 0 aliphatic carbocycles. The lowest BCUT2D eigenvalue weighted by Gasteiger charge is -2.46. The number of phenolic OH excluding ortho intramolecular Hbond substituents is 1. The second kappa shape index (κ2) is 8.05. The van der Waals surface area contributed by atoms with Gasteiger partial charge in [0, 0.05) is 18.0 Å². The summed E-state index contributed by atoms with van der Waals surface area (Å²) in [4.78, 5) is 13.8. The Morgan fingerprint density at radius 2 is 2.11 bits per heavy atom. The van der Waals surface area contributed by atoms with Gasteiger partial charge in [-0.05, 0) is 31.0 Å². The molecule has 150 valence electrons. The molecular formula is C17H20Cl2F2N2O4. The molecule has 3 rings (SSSR count). The van der Waals surface area contributed by atoms with Gasteiger partial charge in [0.1, 0.15) is 11.4 Å². The number of nitrogens with one attached hydrogen (secondary N) is 1. The molecule has 3 N–H and O–H groups in total. The number of ether oxygens (including phenoxy) is 1. The summed E-state index contributed by atoms with van der Waals surface area (Å²) in [5, 5.41) is 23.9. The average Bonchev–Trinajstić information content (AvgIpc) is 3.02. The molecule has 2 fully saturated rings. The third-order valence-corrected chi connectivity index (χ3v) is 5.76. The van der Waals surface area contributed by atoms with E-state index in [1.807, 2.05) is 0 Å². The van der Waals surface area contributed by atoms with Crippen LogP contribution in [0.15, 0.2) is 12.1 Å². The highest BCUT2D eigenvalue weighted by Gasteiger charge is 2.45. The van der Waals surface area contributed by atoms with Crippen LogP contribution >= 0.6 is 23.2 Å². The number of amides is 1. The molecule has 2 aliphatic rings. The summed E-state index contributed by atoms with van der Waals surface area (Å²) in [6, 6.07) is 2.77. The number of hydrogen-bond donors (Lipinski definition) is 3. The molecule has 27 heavy (non-hydrogen) atoms. The maximum absolute atomic E-state index is 12.3. The smallest absolute Gasteiger partial charge is 0.345 e. The van der Waals surface area contributed by atoms with Crippen LogP contribution in [0, 0.1) is 5.92 Å². The number of nitrogens with zero attached hydrogens (tertiary/aromatic N) is 1. The first-order chi connectivity index (χ1) is 12.7. The highest BCUT2D eigenvalue weighted by atomic mass is 35.5. The van der Waals surface area contributed by atoms with Gasteiger partial charge in [-0.2, -0.15) is 8.78 Å².